The maximum atomic E-state index is 13.6. The number of aromatic nitrogens is 1. The number of fused-ring (bicyclic) bond motifs is 1. The van der Waals surface area contributed by atoms with Crippen LogP contribution in [0.5, 0.6) is 0 Å². The van der Waals surface area contributed by atoms with Crippen molar-refractivity contribution in [1.29, 1.82) is 0 Å². The van der Waals surface area contributed by atoms with E-state index >= 15 is 0 Å². The van der Waals surface area contributed by atoms with Gasteiger partial charge in [0.05, 0.1) is 6.04 Å². The van der Waals surface area contributed by atoms with Crippen LogP contribution in [0.3, 0.4) is 0 Å². The van der Waals surface area contributed by atoms with Gasteiger partial charge < -0.3 is 31.4 Å². The zero-order valence-electron chi connectivity index (χ0n) is 23.5. The molecule has 1 aliphatic heterocycles. The first-order valence-corrected chi connectivity index (χ1v) is 14.1. The van der Waals surface area contributed by atoms with Crippen molar-refractivity contribution >= 4 is 34.6 Å². The number of nitrogens with one attached hydrogen (secondary N) is 3. The average molecular weight is 562 g/mol. The molecule has 0 saturated carbocycles. The third-order valence-corrected chi connectivity index (χ3v) is 7.51. The molecule has 10 nitrogen and oxygen atoms in total. The Hall–Kier alpha value is -4.18. The molecule has 0 bridgehead atoms. The lowest BCUT2D eigenvalue weighted by Crippen LogP contribution is -2.57. The van der Waals surface area contributed by atoms with Crippen molar-refractivity contribution in [3.8, 4) is 0 Å². The smallest absolute Gasteiger partial charge is 0.326 e. The van der Waals surface area contributed by atoms with Crippen molar-refractivity contribution < 1.29 is 24.3 Å². The predicted octanol–water partition coefficient (Wildman–Crippen LogP) is 2.37. The van der Waals surface area contributed by atoms with Crippen LogP contribution in [0, 0.1) is 5.92 Å². The summed E-state index contributed by atoms with van der Waals surface area (Å²) in [5, 5.41) is 16.1. The second-order valence-electron chi connectivity index (χ2n) is 11.1. The van der Waals surface area contributed by atoms with Gasteiger partial charge >= 0.3 is 5.97 Å². The number of amides is 3. The number of aliphatic carboxylic acids is 1. The standard InChI is InChI=1S/C31H39N5O5/c1-19(2)15-26(31(40)41)35-28(37)25(17-21-18-33-24-12-7-6-11-22(21)24)34-29(38)27-13-8-14-36(27)30(39)23(32)16-20-9-4-3-5-10-20/h3-7,9-12,18-19,23,25-27,33H,8,13-17,32H2,1-2H3,(H,34,38)(H,35,37)(H,40,41). The molecule has 3 amide bonds. The number of hydrogen-bond donors (Lipinski definition) is 5. The topological polar surface area (TPSA) is 158 Å². The highest BCUT2D eigenvalue weighted by Gasteiger charge is 2.38. The highest BCUT2D eigenvalue weighted by molar-refractivity contribution is 5.95. The van der Waals surface area contributed by atoms with Gasteiger partial charge in [0.2, 0.25) is 17.7 Å². The molecule has 1 fully saturated rings. The Morgan fingerprint density at radius 1 is 1.00 bits per heavy atom. The number of H-pyrrole nitrogens is 1. The zero-order chi connectivity index (χ0) is 29.5. The molecule has 4 rings (SSSR count). The minimum Gasteiger partial charge on any atom is -0.480 e. The molecule has 1 aromatic heterocycles. The molecule has 41 heavy (non-hydrogen) atoms. The fraction of sp³-hybridized carbons (Fsp3) is 0.419. The number of aromatic amines is 1. The normalized spacial score (nSPS) is 17.3. The van der Waals surface area contributed by atoms with Crippen LogP contribution < -0.4 is 16.4 Å². The van der Waals surface area contributed by atoms with Gasteiger partial charge in [0.25, 0.3) is 0 Å². The molecule has 0 radical (unpaired) electrons. The third kappa shape index (κ3) is 7.52. The van der Waals surface area contributed by atoms with Gasteiger partial charge in [-0.3, -0.25) is 14.4 Å². The number of carboxylic acids is 1. The summed E-state index contributed by atoms with van der Waals surface area (Å²) < 4.78 is 0. The third-order valence-electron chi connectivity index (χ3n) is 7.51. The molecule has 4 atom stereocenters. The summed E-state index contributed by atoms with van der Waals surface area (Å²) in [5.41, 5.74) is 8.88. The fourth-order valence-electron chi connectivity index (χ4n) is 5.43. The van der Waals surface area contributed by atoms with E-state index in [1.807, 2.05) is 68.4 Å². The monoisotopic (exact) mass is 561 g/mol. The van der Waals surface area contributed by atoms with E-state index in [1.54, 1.807) is 6.20 Å². The lowest BCUT2D eigenvalue weighted by atomic mass is 10.0. The number of nitrogens with zero attached hydrogens (tertiary/aromatic N) is 1. The fourth-order valence-corrected chi connectivity index (χ4v) is 5.43. The van der Waals surface area contributed by atoms with Crippen LogP contribution in [-0.2, 0) is 32.0 Å². The van der Waals surface area contributed by atoms with Crippen LogP contribution >= 0.6 is 0 Å². The number of carbonyl (C=O) groups excluding carboxylic acids is 3. The number of para-hydroxylation sites is 1. The van der Waals surface area contributed by atoms with Crippen LogP contribution in [0.2, 0.25) is 0 Å². The molecule has 0 aliphatic carbocycles. The van der Waals surface area contributed by atoms with Crippen LogP contribution in [0.4, 0.5) is 0 Å². The number of carboxylic acid groups (broad SMARTS) is 1. The van der Waals surface area contributed by atoms with Crippen molar-refractivity contribution in [1.82, 2.24) is 20.5 Å². The number of carbonyl (C=O) groups is 4. The number of rotatable bonds is 12. The summed E-state index contributed by atoms with van der Waals surface area (Å²) in [4.78, 5) is 56.9. The van der Waals surface area contributed by atoms with Crippen molar-refractivity contribution in [3.05, 3.63) is 71.9 Å². The minimum absolute atomic E-state index is 0.0382. The molecule has 6 N–H and O–H groups in total. The minimum atomic E-state index is -1.14. The quantitative estimate of drug-likeness (QED) is 0.228. The van der Waals surface area contributed by atoms with Crippen molar-refractivity contribution in [2.24, 2.45) is 11.7 Å². The van der Waals surface area contributed by atoms with Crippen LogP contribution in [0.25, 0.3) is 10.9 Å². The van der Waals surface area contributed by atoms with E-state index in [2.05, 4.69) is 15.6 Å². The first-order valence-electron chi connectivity index (χ1n) is 14.1. The van der Waals surface area contributed by atoms with Crippen LogP contribution in [0.1, 0.15) is 44.2 Å². The molecule has 1 saturated heterocycles. The van der Waals surface area contributed by atoms with E-state index in [-0.39, 0.29) is 24.7 Å². The van der Waals surface area contributed by atoms with Gasteiger partial charge in [-0.15, -0.1) is 0 Å². The van der Waals surface area contributed by atoms with Crippen molar-refractivity contribution in [2.45, 2.75) is 70.1 Å². The Bertz CT molecular complexity index is 1370. The zero-order valence-corrected chi connectivity index (χ0v) is 23.5. The second kappa shape index (κ2) is 13.5. The molecule has 3 aromatic rings. The number of hydrogen-bond acceptors (Lipinski definition) is 5. The van der Waals surface area contributed by atoms with E-state index in [0.717, 1.165) is 22.0 Å². The highest BCUT2D eigenvalue weighted by atomic mass is 16.4. The van der Waals surface area contributed by atoms with Crippen molar-refractivity contribution in [2.75, 3.05) is 6.54 Å². The van der Waals surface area contributed by atoms with Gasteiger partial charge in [-0.1, -0.05) is 62.4 Å². The van der Waals surface area contributed by atoms with Gasteiger partial charge in [-0.25, -0.2) is 4.79 Å². The maximum absolute atomic E-state index is 13.6. The largest absolute Gasteiger partial charge is 0.480 e. The van der Waals surface area contributed by atoms with Gasteiger partial charge in [0, 0.05) is 30.1 Å². The molecule has 218 valence electrons. The Balaban J connectivity index is 1.52. The lowest BCUT2D eigenvalue weighted by molar-refractivity contribution is -0.143. The van der Waals surface area contributed by atoms with Gasteiger partial charge in [-0.05, 0) is 48.8 Å². The molecule has 4 unspecified atom stereocenters. The molecule has 2 aromatic carbocycles. The molecular formula is C31H39N5O5. The SMILES string of the molecule is CC(C)CC(NC(=O)C(Cc1c[nH]c2ccccc12)NC(=O)C1CCCN1C(=O)C(N)Cc1ccccc1)C(=O)O. The Morgan fingerprint density at radius 2 is 1.71 bits per heavy atom. The molecule has 0 spiro atoms. The predicted molar refractivity (Wildman–Crippen MR) is 156 cm³/mol. The summed E-state index contributed by atoms with van der Waals surface area (Å²) in [7, 11) is 0. The molecule has 10 heteroatoms. The number of nitrogens with two attached hydrogens (primary N) is 1. The van der Waals surface area contributed by atoms with Gasteiger partial charge in [-0.2, -0.15) is 0 Å². The van der Waals surface area contributed by atoms with Crippen LogP contribution in [-0.4, -0.2) is 69.4 Å². The van der Waals surface area contributed by atoms with Gasteiger partial charge in [0.15, 0.2) is 0 Å². The molecular weight excluding hydrogens is 522 g/mol. The van der Waals surface area contributed by atoms with E-state index in [4.69, 9.17) is 5.73 Å². The summed E-state index contributed by atoms with van der Waals surface area (Å²) in [6, 6.07) is 13.4. The lowest BCUT2D eigenvalue weighted by Gasteiger charge is -2.29. The summed E-state index contributed by atoms with van der Waals surface area (Å²) in [6.45, 7) is 4.15. The van der Waals surface area contributed by atoms with Gasteiger partial charge in [0.1, 0.15) is 18.1 Å². The maximum Gasteiger partial charge on any atom is 0.326 e. The first-order chi connectivity index (χ1) is 19.6. The summed E-state index contributed by atoms with van der Waals surface area (Å²) in [6.07, 6.45) is 3.61. The Kier molecular flexibility index (Phi) is 9.78. The molecule has 1 aliphatic rings. The van der Waals surface area contributed by atoms with Crippen molar-refractivity contribution in [3.63, 3.8) is 0 Å². The Morgan fingerprint density at radius 3 is 2.41 bits per heavy atom. The van der Waals surface area contributed by atoms with E-state index < -0.39 is 42.0 Å². The number of likely N-dealkylation sites (tertiary alicyclic amines) is 1. The Labute approximate surface area is 239 Å². The second-order valence-corrected chi connectivity index (χ2v) is 11.1. The highest BCUT2D eigenvalue weighted by Crippen LogP contribution is 2.22. The van der Waals surface area contributed by atoms with E-state index in [9.17, 15) is 24.3 Å². The number of benzene rings is 2. The molecule has 2 heterocycles. The van der Waals surface area contributed by atoms with E-state index in [1.165, 1.54) is 4.90 Å². The summed E-state index contributed by atoms with van der Waals surface area (Å²) >= 11 is 0. The average Bonchev–Trinajstić information content (AvgIpc) is 3.60. The van der Waals surface area contributed by atoms with Crippen LogP contribution in [0.15, 0.2) is 60.8 Å². The van der Waals surface area contributed by atoms with E-state index in [0.29, 0.717) is 25.8 Å². The summed E-state index contributed by atoms with van der Waals surface area (Å²) in [5.74, 6) is -2.46. The first kappa shape index (κ1) is 29.8.